The number of likely N-dealkylation sites (tertiary alicyclic amines) is 1. The molecule has 0 unspecified atom stereocenters. The van der Waals surface area contributed by atoms with Crippen molar-refractivity contribution in [2.45, 2.75) is 45.6 Å². The minimum Gasteiger partial charge on any atom is -0.356 e. The number of amides is 1. The number of piperidine rings is 1. The molecule has 0 radical (unpaired) electrons. The predicted octanol–water partition coefficient (Wildman–Crippen LogP) is 2.75. The molecule has 2 aliphatic rings. The van der Waals surface area contributed by atoms with Crippen molar-refractivity contribution in [2.75, 3.05) is 24.5 Å². The first-order valence-corrected chi connectivity index (χ1v) is 9.44. The van der Waals surface area contributed by atoms with Gasteiger partial charge in [-0.3, -0.25) is 9.78 Å². The highest BCUT2D eigenvalue weighted by atomic mass is 16.2. The molecule has 4 heterocycles. The highest BCUT2D eigenvalue weighted by Crippen LogP contribution is 2.28. The average Bonchev–Trinajstić information content (AvgIpc) is 3.11. The van der Waals surface area contributed by atoms with E-state index in [0.29, 0.717) is 17.8 Å². The summed E-state index contributed by atoms with van der Waals surface area (Å²) in [5, 5.41) is 0. The number of anilines is 1. The number of aryl methyl sites for hydroxylation is 1. The van der Waals surface area contributed by atoms with Crippen molar-refractivity contribution < 1.29 is 4.79 Å². The normalized spacial score (nSPS) is 18.6. The lowest BCUT2D eigenvalue weighted by atomic mass is 10.0. The van der Waals surface area contributed by atoms with Crippen LogP contribution in [0.5, 0.6) is 0 Å². The highest BCUT2D eigenvalue weighted by Gasteiger charge is 2.31. The Morgan fingerprint density at radius 2 is 1.88 bits per heavy atom. The average molecular weight is 351 g/mol. The molecule has 6 heteroatoms. The van der Waals surface area contributed by atoms with Crippen LogP contribution in [-0.4, -0.2) is 51.4 Å². The van der Waals surface area contributed by atoms with Gasteiger partial charge in [0.25, 0.3) is 0 Å². The molecule has 0 aromatic carbocycles. The van der Waals surface area contributed by atoms with Gasteiger partial charge >= 0.3 is 0 Å². The van der Waals surface area contributed by atoms with Gasteiger partial charge in [-0.15, -0.1) is 0 Å². The van der Waals surface area contributed by atoms with Crippen molar-refractivity contribution in [1.82, 2.24) is 19.9 Å². The van der Waals surface area contributed by atoms with Gasteiger partial charge < -0.3 is 9.80 Å². The van der Waals surface area contributed by atoms with E-state index in [0.717, 1.165) is 68.1 Å². The summed E-state index contributed by atoms with van der Waals surface area (Å²) in [7, 11) is 0. The van der Waals surface area contributed by atoms with E-state index in [-0.39, 0.29) is 0 Å². The van der Waals surface area contributed by atoms with E-state index in [4.69, 9.17) is 4.98 Å². The van der Waals surface area contributed by atoms with Crippen LogP contribution in [0.1, 0.15) is 36.9 Å². The quantitative estimate of drug-likeness (QED) is 0.851. The molecule has 0 saturated carbocycles. The van der Waals surface area contributed by atoms with E-state index in [9.17, 15) is 4.79 Å². The van der Waals surface area contributed by atoms with Crippen LogP contribution in [0.2, 0.25) is 0 Å². The van der Waals surface area contributed by atoms with E-state index < -0.39 is 0 Å². The molecule has 1 amide bonds. The van der Waals surface area contributed by atoms with Crippen LogP contribution in [0.15, 0.2) is 24.4 Å². The number of carbonyl (C=O) groups excluding carboxylic acids is 1. The number of carbonyl (C=O) groups is 1. The minimum absolute atomic E-state index is 0.329. The molecule has 4 rings (SSSR count). The highest BCUT2D eigenvalue weighted by molar-refractivity contribution is 5.78. The Labute approximate surface area is 154 Å². The van der Waals surface area contributed by atoms with E-state index in [1.165, 1.54) is 0 Å². The number of hydrogen-bond donors (Lipinski definition) is 0. The molecule has 6 nitrogen and oxygen atoms in total. The van der Waals surface area contributed by atoms with Crippen LogP contribution < -0.4 is 4.90 Å². The SMILES string of the molecule is Cc1nc(-c2ccccn2)nc(N2CCC(N3CCCC3=O)CC2)c1C. The Balaban J connectivity index is 1.55. The van der Waals surface area contributed by atoms with Crippen molar-refractivity contribution >= 4 is 11.7 Å². The minimum atomic E-state index is 0.329. The Kier molecular flexibility index (Phi) is 4.57. The standard InChI is InChI=1S/C20H25N5O/c1-14-15(2)22-19(17-6-3-4-10-21-17)23-20(14)24-12-8-16(9-13-24)25-11-5-7-18(25)26/h3-4,6,10,16H,5,7-9,11-13H2,1-2H3. The van der Waals surface area contributed by atoms with Crippen LogP contribution in [-0.2, 0) is 4.79 Å². The fourth-order valence-corrected chi connectivity index (χ4v) is 3.98. The Morgan fingerprint density at radius 1 is 1.08 bits per heavy atom. The Hall–Kier alpha value is -2.50. The van der Waals surface area contributed by atoms with Gasteiger partial charge in [0.2, 0.25) is 5.91 Å². The van der Waals surface area contributed by atoms with Gasteiger partial charge in [-0.2, -0.15) is 0 Å². The fraction of sp³-hybridized carbons (Fsp3) is 0.500. The second-order valence-corrected chi connectivity index (χ2v) is 7.21. The molecule has 136 valence electrons. The number of rotatable bonds is 3. The first-order valence-electron chi connectivity index (χ1n) is 9.44. The van der Waals surface area contributed by atoms with Crippen molar-refractivity contribution in [3.63, 3.8) is 0 Å². The number of hydrogen-bond acceptors (Lipinski definition) is 5. The molecule has 26 heavy (non-hydrogen) atoms. The second kappa shape index (κ2) is 7.02. The van der Waals surface area contributed by atoms with Crippen LogP contribution in [0.3, 0.4) is 0 Å². The summed E-state index contributed by atoms with van der Waals surface area (Å²) in [6.07, 6.45) is 5.51. The maximum Gasteiger partial charge on any atom is 0.222 e. The molecule has 2 aromatic heterocycles. The van der Waals surface area contributed by atoms with E-state index in [1.807, 2.05) is 25.1 Å². The largest absolute Gasteiger partial charge is 0.356 e. The lowest BCUT2D eigenvalue weighted by molar-refractivity contribution is -0.130. The summed E-state index contributed by atoms with van der Waals surface area (Å²) in [5.41, 5.74) is 2.92. The van der Waals surface area contributed by atoms with Gasteiger partial charge in [-0.05, 0) is 45.2 Å². The summed E-state index contributed by atoms with van der Waals surface area (Å²) >= 11 is 0. The van der Waals surface area contributed by atoms with Gasteiger partial charge in [0.05, 0.1) is 0 Å². The Morgan fingerprint density at radius 3 is 2.54 bits per heavy atom. The van der Waals surface area contributed by atoms with Gasteiger partial charge in [0.1, 0.15) is 11.5 Å². The number of pyridine rings is 1. The monoisotopic (exact) mass is 351 g/mol. The zero-order valence-electron chi connectivity index (χ0n) is 15.5. The maximum atomic E-state index is 12.0. The molecular weight excluding hydrogens is 326 g/mol. The van der Waals surface area contributed by atoms with Crippen molar-refractivity contribution in [1.29, 1.82) is 0 Å². The van der Waals surface area contributed by atoms with E-state index in [1.54, 1.807) is 6.20 Å². The predicted molar refractivity (Wildman–Crippen MR) is 101 cm³/mol. The third kappa shape index (κ3) is 3.16. The summed E-state index contributed by atoms with van der Waals surface area (Å²) in [6.45, 7) is 6.89. The maximum absolute atomic E-state index is 12.0. The molecule has 2 aromatic rings. The molecule has 0 bridgehead atoms. The van der Waals surface area contributed by atoms with Gasteiger partial charge in [-0.1, -0.05) is 6.07 Å². The first-order chi connectivity index (χ1) is 12.6. The summed E-state index contributed by atoms with van der Waals surface area (Å²) in [5.74, 6) is 2.01. The summed E-state index contributed by atoms with van der Waals surface area (Å²) in [4.78, 5) is 30.3. The fourth-order valence-electron chi connectivity index (χ4n) is 3.98. The van der Waals surface area contributed by atoms with Gasteiger partial charge in [-0.25, -0.2) is 9.97 Å². The van der Waals surface area contributed by atoms with Crippen LogP contribution in [0.4, 0.5) is 5.82 Å². The molecule has 2 saturated heterocycles. The lowest BCUT2D eigenvalue weighted by Crippen LogP contribution is -2.45. The molecule has 2 fully saturated rings. The topological polar surface area (TPSA) is 62.2 Å². The van der Waals surface area contributed by atoms with Crippen molar-refractivity contribution in [2.24, 2.45) is 0 Å². The Bertz CT molecular complexity index is 799. The summed E-state index contributed by atoms with van der Waals surface area (Å²) in [6, 6.07) is 6.19. The first kappa shape index (κ1) is 16.9. The van der Waals surface area contributed by atoms with E-state index in [2.05, 4.69) is 26.7 Å². The second-order valence-electron chi connectivity index (χ2n) is 7.21. The zero-order valence-corrected chi connectivity index (χ0v) is 15.5. The third-order valence-electron chi connectivity index (χ3n) is 5.57. The molecule has 0 aliphatic carbocycles. The van der Waals surface area contributed by atoms with Crippen LogP contribution in [0.25, 0.3) is 11.5 Å². The molecule has 2 aliphatic heterocycles. The smallest absolute Gasteiger partial charge is 0.222 e. The number of aromatic nitrogens is 3. The van der Waals surface area contributed by atoms with Crippen molar-refractivity contribution in [3.05, 3.63) is 35.7 Å². The van der Waals surface area contributed by atoms with E-state index >= 15 is 0 Å². The lowest BCUT2D eigenvalue weighted by Gasteiger charge is -2.37. The molecular formula is C20H25N5O. The van der Waals surface area contributed by atoms with Crippen LogP contribution >= 0.6 is 0 Å². The zero-order chi connectivity index (χ0) is 18.1. The summed E-state index contributed by atoms with van der Waals surface area (Å²) < 4.78 is 0. The van der Waals surface area contributed by atoms with Gasteiger partial charge in [0, 0.05) is 49.6 Å². The third-order valence-corrected chi connectivity index (χ3v) is 5.57. The van der Waals surface area contributed by atoms with Crippen molar-refractivity contribution in [3.8, 4) is 11.5 Å². The molecule has 0 atom stereocenters. The number of nitrogens with zero attached hydrogens (tertiary/aromatic N) is 5. The van der Waals surface area contributed by atoms with Crippen LogP contribution in [0, 0.1) is 13.8 Å². The molecule has 0 spiro atoms. The van der Waals surface area contributed by atoms with Gasteiger partial charge in [0.15, 0.2) is 5.82 Å². The molecule has 0 N–H and O–H groups in total.